The number of aromatic nitrogens is 2. The minimum Gasteiger partial charge on any atom is -0.270 e. The topological polar surface area (TPSA) is 17.8 Å². The molecule has 2 nitrogen and oxygen atoms in total. The first-order chi connectivity index (χ1) is 5.84. The Kier molecular flexibility index (Phi) is 3.85. The molecule has 0 N–H and O–H groups in total. The van der Waals surface area contributed by atoms with Crippen LogP contribution in [0, 0.1) is 6.92 Å². The maximum atomic E-state index is 4.23. The van der Waals surface area contributed by atoms with Crippen molar-refractivity contribution in [3.63, 3.8) is 0 Å². The van der Waals surface area contributed by atoms with Gasteiger partial charge in [-0.05, 0) is 19.4 Å². The van der Waals surface area contributed by atoms with Gasteiger partial charge in [-0.1, -0.05) is 26.2 Å². The zero-order chi connectivity index (χ0) is 8.81. The van der Waals surface area contributed by atoms with Crippen LogP contribution in [0.25, 0.3) is 0 Å². The van der Waals surface area contributed by atoms with Crippen molar-refractivity contribution in [2.75, 3.05) is 0 Å². The third kappa shape index (κ3) is 2.68. The molecule has 1 heterocycles. The predicted molar refractivity (Wildman–Crippen MR) is 51.1 cm³/mol. The Bertz CT molecular complexity index is 215. The van der Waals surface area contributed by atoms with E-state index in [2.05, 4.69) is 29.7 Å². The molecule has 0 saturated heterocycles. The standard InChI is InChI=1S/C10H18N2/c1-3-4-5-6-9-12-10(2)7-8-11-12/h7-8H,3-6,9H2,1-2H3. The third-order valence-corrected chi connectivity index (χ3v) is 2.15. The lowest BCUT2D eigenvalue weighted by Crippen LogP contribution is -2.01. The Balaban J connectivity index is 2.20. The highest BCUT2D eigenvalue weighted by molar-refractivity contribution is 4.96. The Morgan fingerprint density at radius 3 is 2.75 bits per heavy atom. The van der Waals surface area contributed by atoms with Gasteiger partial charge < -0.3 is 0 Å². The first-order valence-electron chi connectivity index (χ1n) is 4.83. The minimum atomic E-state index is 1.08. The number of rotatable bonds is 5. The fourth-order valence-corrected chi connectivity index (χ4v) is 1.32. The second-order valence-corrected chi connectivity index (χ2v) is 3.26. The fraction of sp³-hybridized carbons (Fsp3) is 0.700. The number of nitrogens with zero attached hydrogens (tertiary/aromatic N) is 2. The summed E-state index contributed by atoms with van der Waals surface area (Å²) in [6, 6.07) is 2.06. The first-order valence-corrected chi connectivity index (χ1v) is 4.83. The Morgan fingerprint density at radius 2 is 2.17 bits per heavy atom. The van der Waals surface area contributed by atoms with Gasteiger partial charge in [-0.25, -0.2) is 0 Å². The van der Waals surface area contributed by atoms with Crippen molar-refractivity contribution < 1.29 is 0 Å². The molecule has 12 heavy (non-hydrogen) atoms. The Morgan fingerprint density at radius 1 is 1.33 bits per heavy atom. The zero-order valence-electron chi connectivity index (χ0n) is 8.08. The summed E-state index contributed by atoms with van der Waals surface area (Å²) in [6.45, 7) is 5.42. The van der Waals surface area contributed by atoms with Crippen LogP contribution in [-0.2, 0) is 6.54 Å². The minimum absolute atomic E-state index is 1.08. The molecule has 0 amide bonds. The maximum absolute atomic E-state index is 4.23. The Hall–Kier alpha value is -0.790. The summed E-state index contributed by atoms with van der Waals surface area (Å²) < 4.78 is 2.08. The van der Waals surface area contributed by atoms with E-state index >= 15 is 0 Å². The summed E-state index contributed by atoms with van der Waals surface area (Å²) in [6.07, 6.45) is 7.11. The van der Waals surface area contributed by atoms with Crippen molar-refractivity contribution in [2.24, 2.45) is 0 Å². The summed E-state index contributed by atoms with van der Waals surface area (Å²) in [5.74, 6) is 0. The number of hydrogen-bond acceptors (Lipinski definition) is 1. The molecule has 0 atom stereocenters. The lowest BCUT2D eigenvalue weighted by atomic mass is 10.2. The summed E-state index contributed by atoms with van der Waals surface area (Å²) >= 11 is 0. The monoisotopic (exact) mass is 166 g/mol. The SMILES string of the molecule is CCCCCCn1nccc1C. The summed E-state index contributed by atoms with van der Waals surface area (Å²) in [5, 5.41) is 4.23. The van der Waals surface area contributed by atoms with Gasteiger partial charge >= 0.3 is 0 Å². The van der Waals surface area contributed by atoms with Crippen LogP contribution in [0.4, 0.5) is 0 Å². The fourth-order valence-electron chi connectivity index (χ4n) is 1.32. The van der Waals surface area contributed by atoms with Gasteiger partial charge in [-0.3, -0.25) is 4.68 Å². The van der Waals surface area contributed by atoms with Gasteiger partial charge in [0.1, 0.15) is 0 Å². The molecule has 1 aromatic rings. The van der Waals surface area contributed by atoms with E-state index in [0.717, 1.165) is 6.54 Å². The lowest BCUT2D eigenvalue weighted by molar-refractivity contribution is 0.532. The molecule has 2 heteroatoms. The van der Waals surface area contributed by atoms with E-state index < -0.39 is 0 Å². The second-order valence-electron chi connectivity index (χ2n) is 3.26. The van der Waals surface area contributed by atoms with Crippen molar-refractivity contribution in [3.05, 3.63) is 18.0 Å². The molecule has 0 spiro atoms. The number of aryl methyl sites for hydroxylation is 2. The molecule has 0 fully saturated rings. The molecule has 1 rings (SSSR count). The molecule has 0 bridgehead atoms. The van der Waals surface area contributed by atoms with Crippen LogP contribution in [0.2, 0.25) is 0 Å². The molecule has 0 aliphatic carbocycles. The summed E-state index contributed by atoms with van der Waals surface area (Å²) in [4.78, 5) is 0. The highest BCUT2D eigenvalue weighted by atomic mass is 15.3. The van der Waals surface area contributed by atoms with Crippen molar-refractivity contribution >= 4 is 0 Å². The van der Waals surface area contributed by atoms with Crippen LogP contribution in [0.15, 0.2) is 12.3 Å². The molecule has 0 aromatic carbocycles. The lowest BCUT2D eigenvalue weighted by Gasteiger charge is -2.02. The highest BCUT2D eigenvalue weighted by Gasteiger charge is 1.95. The van der Waals surface area contributed by atoms with Crippen LogP contribution < -0.4 is 0 Å². The Labute approximate surface area is 74.6 Å². The molecule has 0 aliphatic heterocycles. The van der Waals surface area contributed by atoms with Gasteiger partial charge in [0.25, 0.3) is 0 Å². The second kappa shape index (κ2) is 4.96. The average molecular weight is 166 g/mol. The van der Waals surface area contributed by atoms with Crippen molar-refractivity contribution in [1.82, 2.24) is 9.78 Å². The first kappa shape index (κ1) is 9.30. The van der Waals surface area contributed by atoms with Gasteiger partial charge in [0, 0.05) is 18.4 Å². The van der Waals surface area contributed by atoms with Crippen molar-refractivity contribution in [2.45, 2.75) is 46.1 Å². The zero-order valence-corrected chi connectivity index (χ0v) is 8.08. The van der Waals surface area contributed by atoms with E-state index in [1.54, 1.807) is 0 Å². The van der Waals surface area contributed by atoms with Crippen molar-refractivity contribution in [3.8, 4) is 0 Å². The van der Waals surface area contributed by atoms with Crippen LogP contribution in [0.3, 0.4) is 0 Å². The van der Waals surface area contributed by atoms with Gasteiger partial charge in [0.05, 0.1) is 0 Å². The quantitative estimate of drug-likeness (QED) is 0.615. The predicted octanol–water partition coefficient (Wildman–Crippen LogP) is 2.77. The molecule has 0 saturated carbocycles. The summed E-state index contributed by atoms with van der Waals surface area (Å²) in [5.41, 5.74) is 1.27. The van der Waals surface area contributed by atoms with Crippen molar-refractivity contribution in [1.29, 1.82) is 0 Å². The van der Waals surface area contributed by atoms with E-state index in [1.807, 2.05) is 6.20 Å². The van der Waals surface area contributed by atoms with Gasteiger partial charge in [0.15, 0.2) is 0 Å². The highest BCUT2D eigenvalue weighted by Crippen LogP contribution is 2.03. The summed E-state index contributed by atoms with van der Waals surface area (Å²) in [7, 11) is 0. The largest absolute Gasteiger partial charge is 0.270 e. The molecule has 68 valence electrons. The van der Waals surface area contributed by atoms with Crippen LogP contribution in [0.5, 0.6) is 0 Å². The smallest absolute Gasteiger partial charge is 0.0492 e. The van der Waals surface area contributed by atoms with Crippen LogP contribution in [0.1, 0.15) is 38.3 Å². The molecule has 0 aliphatic rings. The van der Waals surface area contributed by atoms with Gasteiger partial charge in [-0.15, -0.1) is 0 Å². The van der Waals surface area contributed by atoms with Gasteiger partial charge in [0.2, 0.25) is 0 Å². The van der Waals surface area contributed by atoms with E-state index in [4.69, 9.17) is 0 Å². The average Bonchev–Trinajstić information content (AvgIpc) is 2.46. The molecule has 0 radical (unpaired) electrons. The number of unbranched alkanes of at least 4 members (excludes halogenated alkanes) is 3. The molecular weight excluding hydrogens is 148 g/mol. The van der Waals surface area contributed by atoms with E-state index in [0.29, 0.717) is 0 Å². The molecule has 1 aromatic heterocycles. The van der Waals surface area contributed by atoms with Crippen LogP contribution >= 0.6 is 0 Å². The van der Waals surface area contributed by atoms with E-state index in [9.17, 15) is 0 Å². The maximum Gasteiger partial charge on any atom is 0.0492 e. The molecule has 0 unspecified atom stereocenters. The van der Waals surface area contributed by atoms with Crippen LogP contribution in [-0.4, -0.2) is 9.78 Å². The van der Waals surface area contributed by atoms with E-state index in [-0.39, 0.29) is 0 Å². The van der Waals surface area contributed by atoms with E-state index in [1.165, 1.54) is 31.4 Å². The molecular formula is C10H18N2. The normalized spacial score (nSPS) is 10.5. The third-order valence-electron chi connectivity index (χ3n) is 2.15. The van der Waals surface area contributed by atoms with Gasteiger partial charge in [-0.2, -0.15) is 5.10 Å². The number of hydrogen-bond donors (Lipinski definition) is 0.